The molecule has 11 nitrogen and oxygen atoms in total. The molecular formula is C18H25N5O6. The quantitative estimate of drug-likeness (QED) is 0.462. The molecule has 11 heteroatoms. The fraction of sp³-hybridized carbons (Fsp3) is 0.556. The fourth-order valence-electron chi connectivity index (χ4n) is 2.13. The SMILES string of the molecule is CC(=O)CCC(=O)OCCOCn1cnc2c(=O)[nH]c(NC(=O)C(C)(C)C)nc21. The van der Waals surface area contributed by atoms with Gasteiger partial charge in [0.1, 0.15) is 19.1 Å². The number of aromatic nitrogens is 4. The van der Waals surface area contributed by atoms with Gasteiger partial charge in [0.15, 0.2) is 11.2 Å². The zero-order valence-corrected chi connectivity index (χ0v) is 16.9. The Labute approximate surface area is 166 Å². The highest BCUT2D eigenvalue weighted by atomic mass is 16.6. The zero-order valence-electron chi connectivity index (χ0n) is 16.9. The number of anilines is 1. The lowest BCUT2D eigenvalue weighted by atomic mass is 9.96. The summed E-state index contributed by atoms with van der Waals surface area (Å²) < 4.78 is 11.9. The number of imidazole rings is 1. The zero-order chi connectivity index (χ0) is 21.6. The second-order valence-electron chi connectivity index (χ2n) is 7.47. The van der Waals surface area contributed by atoms with Crippen molar-refractivity contribution >= 4 is 34.8 Å². The molecule has 2 heterocycles. The van der Waals surface area contributed by atoms with Crippen LogP contribution in [0.1, 0.15) is 40.5 Å². The van der Waals surface area contributed by atoms with Gasteiger partial charge in [-0.25, -0.2) is 4.98 Å². The van der Waals surface area contributed by atoms with E-state index in [1.54, 1.807) is 20.8 Å². The van der Waals surface area contributed by atoms with Crippen LogP contribution in [0.15, 0.2) is 11.1 Å². The van der Waals surface area contributed by atoms with Gasteiger partial charge in [0.2, 0.25) is 11.9 Å². The van der Waals surface area contributed by atoms with E-state index in [4.69, 9.17) is 9.47 Å². The van der Waals surface area contributed by atoms with Crippen LogP contribution in [0.2, 0.25) is 0 Å². The monoisotopic (exact) mass is 407 g/mol. The molecule has 29 heavy (non-hydrogen) atoms. The maximum atomic E-state index is 12.2. The number of ether oxygens (including phenoxy) is 2. The Hall–Kier alpha value is -3.08. The van der Waals surface area contributed by atoms with Crippen LogP contribution in [0.4, 0.5) is 5.95 Å². The molecule has 0 aliphatic heterocycles. The lowest BCUT2D eigenvalue weighted by Gasteiger charge is -2.16. The van der Waals surface area contributed by atoms with Crippen molar-refractivity contribution in [1.29, 1.82) is 0 Å². The molecule has 0 aromatic carbocycles. The lowest BCUT2D eigenvalue weighted by molar-refractivity contribution is -0.146. The first kappa shape index (κ1) is 22.2. The predicted octanol–water partition coefficient (Wildman–Crippen LogP) is 0.991. The van der Waals surface area contributed by atoms with Gasteiger partial charge in [-0.2, -0.15) is 4.98 Å². The summed E-state index contributed by atoms with van der Waals surface area (Å²) in [5.74, 6) is -0.826. The van der Waals surface area contributed by atoms with E-state index in [0.29, 0.717) is 0 Å². The van der Waals surface area contributed by atoms with Gasteiger partial charge in [-0.1, -0.05) is 20.8 Å². The number of Topliss-reactive ketones (excluding diaryl/α,β-unsaturated/α-hetero) is 1. The second-order valence-corrected chi connectivity index (χ2v) is 7.47. The summed E-state index contributed by atoms with van der Waals surface area (Å²) in [6, 6.07) is 0. The minimum atomic E-state index is -0.654. The van der Waals surface area contributed by atoms with Crippen LogP contribution in [0.25, 0.3) is 11.2 Å². The van der Waals surface area contributed by atoms with E-state index in [-0.39, 0.29) is 61.6 Å². The van der Waals surface area contributed by atoms with Crippen molar-refractivity contribution in [3.05, 3.63) is 16.7 Å². The number of nitrogens with one attached hydrogen (secondary N) is 2. The second kappa shape index (κ2) is 9.41. The van der Waals surface area contributed by atoms with Gasteiger partial charge < -0.3 is 14.3 Å². The Bertz CT molecular complexity index is 956. The van der Waals surface area contributed by atoms with Gasteiger partial charge in [0, 0.05) is 11.8 Å². The molecule has 158 valence electrons. The first-order chi connectivity index (χ1) is 13.6. The van der Waals surface area contributed by atoms with Gasteiger partial charge in [0.05, 0.1) is 19.4 Å². The van der Waals surface area contributed by atoms with Crippen molar-refractivity contribution in [2.45, 2.75) is 47.3 Å². The highest BCUT2D eigenvalue weighted by molar-refractivity contribution is 5.93. The van der Waals surface area contributed by atoms with Crippen LogP contribution in [-0.2, 0) is 30.6 Å². The maximum absolute atomic E-state index is 12.2. The van der Waals surface area contributed by atoms with Gasteiger partial charge >= 0.3 is 5.97 Å². The number of carbonyl (C=O) groups is 3. The van der Waals surface area contributed by atoms with Crippen molar-refractivity contribution < 1.29 is 23.9 Å². The summed E-state index contributed by atoms with van der Waals surface area (Å²) in [4.78, 5) is 57.2. The predicted molar refractivity (Wildman–Crippen MR) is 103 cm³/mol. The Morgan fingerprint density at radius 1 is 1.21 bits per heavy atom. The summed E-state index contributed by atoms with van der Waals surface area (Å²) in [5, 5.41) is 2.57. The van der Waals surface area contributed by atoms with Gasteiger partial charge in [0.25, 0.3) is 5.56 Å². The Kier molecular flexibility index (Phi) is 7.21. The average molecular weight is 407 g/mol. The lowest BCUT2D eigenvalue weighted by Crippen LogP contribution is -2.29. The van der Waals surface area contributed by atoms with Crippen molar-refractivity contribution in [2.75, 3.05) is 18.5 Å². The molecule has 0 aliphatic carbocycles. The van der Waals surface area contributed by atoms with Crippen LogP contribution < -0.4 is 10.9 Å². The molecule has 2 rings (SSSR count). The van der Waals surface area contributed by atoms with Crippen LogP contribution in [0, 0.1) is 5.41 Å². The summed E-state index contributed by atoms with van der Waals surface area (Å²) in [7, 11) is 0. The molecule has 0 unspecified atom stereocenters. The molecule has 0 bridgehead atoms. The van der Waals surface area contributed by atoms with Crippen LogP contribution in [0.3, 0.4) is 0 Å². The molecule has 2 N–H and O–H groups in total. The van der Waals surface area contributed by atoms with Gasteiger partial charge in [-0.05, 0) is 6.92 Å². The number of fused-ring (bicyclic) bond motifs is 1. The molecule has 0 fully saturated rings. The number of amides is 1. The first-order valence-corrected chi connectivity index (χ1v) is 9.07. The number of H-pyrrole nitrogens is 1. The van der Waals surface area contributed by atoms with Crippen LogP contribution in [0.5, 0.6) is 0 Å². The number of ketones is 1. The Morgan fingerprint density at radius 3 is 2.59 bits per heavy atom. The third-order valence-corrected chi connectivity index (χ3v) is 3.79. The van der Waals surface area contributed by atoms with Gasteiger partial charge in [-0.3, -0.25) is 29.3 Å². The van der Waals surface area contributed by atoms with E-state index in [0.717, 1.165) is 0 Å². The summed E-state index contributed by atoms with van der Waals surface area (Å²) >= 11 is 0. The van der Waals surface area contributed by atoms with Gasteiger partial charge in [-0.15, -0.1) is 0 Å². The highest BCUT2D eigenvalue weighted by Crippen LogP contribution is 2.16. The smallest absolute Gasteiger partial charge is 0.306 e. The minimum absolute atomic E-state index is 0.0172. The normalized spacial score (nSPS) is 11.4. The average Bonchev–Trinajstić information content (AvgIpc) is 3.02. The third-order valence-electron chi connectivity index (χ3n) is 3.79. The van der Waals surface area contributed by atoms with E-state index >= 15 is 0 Å². The fourth-order valence-corrected chi connectivity index (χ4v) is 2.13. The molecule has 0 saturated carbocycles. The van der Waals surface area contributed by atoms with Crippen molar-refractivity contribution in [3.63, 3.8) is 0 Å². The number of rotatable bonds is 9. The van der Waals surface area contributed by atoms with E-state index in [1.165, 1.54) is 17.8 Å². The van der Waals surface area contributed by atoms with E-state index < -0.39 is 16.9 Å². The number of hydrogen-bond donors (Lipinski definition) is 2. The molecule has 2 aromatic rings. The molecule has 1 amide bonds. The molecule has 0 saturated heterocycles. The molecule has 2 aromatic heterocycles. The van der Waals surface area contributed by atoms with Crippen molar-refractivity contribution in [3.8, 4) is 0 Å². The number of nitrogens with zero attached hydrogens (tertiary/aromatic N) is 3. The molecule has 0 spiro atoms. The summed E-state index contributed by atoms with van der Waals surface area (Å²) in [6.45, 7) is 6.79. The maximum Gasteiger partial charge on any atom is 0.306 e. The number of hydrogen-bond acceptors (Lipinski definition) is 8. The van der Waals surface area contributed by atoms with E-state index in [2.05, 4.69) is 20.3 Å². The topological polar surface area (TPSA) is 145 Å². The summed E-state index contributed by atoms with van der Waals surface area (Å²) in [5.41, 5.74) is -0.787. The Balaban J connectivity index is 1.94. The van der Waals surface area contributed by atoms with Crippen molar-refractivity contribution in [1.82, 2.24) is 19.5 Å². The number of carbonyl (C=O) groups excluding carboxylic acids is 3. The largest absolute Gasteiger partial charge is 0.463 e. The molecule has 0 atom stereocenters. The number of aromatic amines is 1. The standard InChI is InChI=1S/C18H25N5O6/c1-11(24)5-6-12(25)29-8-7-28-10-23-9-19-13-14(23)20-17(21-15(13)26)22-16(27)18(2,3)4/h9H,5-8,10H2,1-4H3,(H2,20,21,22,26,27). The van der Waals surface area contributed by atoms with E-state index in [9.17, 15) is 19.2 Å². The highest BCUT2D eigenvalue weighted by Gasteiger charge is 2.22. The first-order valence-electron chi connectivity index (χ1n) is 9.07. The van der Waals surface area contributed by atoms with Crippen LogP contribution in [-0.4, -0.2) is 50.4 Å². The van der Waals surface area contributed by atoms with Crippen molar-refractivity contribution in [2.24, 2.45) is 5.41 Å². The molecule has 0 aliphatic rings. The Morgan fingerprint density at radius 2 is 1.93 bits per heavy atom. The molecular weight excluding hydrogens is 382 g/mol. The summed E-state index contributed by atoms with van der Waals surface area (Å²) in [6.07, 6.45) is 1.58. The van der Waals surface area contributed by atoms with E-state index in [1.807, 2.05) is 0 Å². The number of esters is 1. The van der Waals surface area contributed by atoms with Crippen LogP contribution >= 0.6 is 0 Å². The third kappa shape index (κ3) is 6.49. The molecule has 0 radical (unpaired) electrons. The minimum Gasteiger partial charge on any atom is -0.463 e.